The number of carbonyl (C=O) groups excluding carboxylic acids is 8. The van der Waals surface area contributed by atoms with E-state index in [1.165, 1.54) is 5.56 Å². The first-order valence-electron chi connectivity index (χ1n) is 35.5. The van der Waals surface area contributed by atoms with E-state index in [1.54, 1.807) is 24.3 Å². The minimum Gasteiger partial charge on any atom is -0.402 e. The van der Waals surface area contributed by atoms with Crippen molar-refractivity contribution in [1.29, 1.82) is 0 Å². The van der Waals surface area contributed by atoms with Crippen LogP contribution in [0.15, 0.2) is 140 Å². The van der Waals surface area contributed by atoms with Crippen molar-refractivity contribution in [3.63, 3.8) is 0 Å². The molecule has 0 aromatic heterocycles. The molecular weight excluding hydrogens is 1320 g/mol. The molecule has 0 saturated carbocycles. The predicted molar refractivity (Wildman–Crippen MR) is 404 cm³/mol. The fourth-order valence-electron chi connectivity index (χ4n) is 11.2. The molecule has 4 aliphatic heterocycles. The Balaban J connectivity index is 0.000000220. The zero-order valence-electron chi connectivity index (χ0n) is 63.6. The van der Waals surface area contributed by atoms with Crippen LogP contribution in [0.1, 0.15) is 195 Å². The number of nitrogens with one attached hydrogen (secondary N) is 4. The second-order valence-corrected chi connectivity index (χ2v) is 30.7. The third kappa shape index (κ3) is 23.7. The molecule has 4 heterocycles. The molecule has 4 fully saturated rings. The standard InChI is InChI=1S/2C22H27BN2O4.C19H29BN2O4.C13H25BN2O4/c2*1-21(2)22(3,4)29-23(28-21)18(14-19(24)26)25-20(27)17-12-10-16(11-13-17)15-8-6-5-7-9-15;1-18(2)19(3,4)26-20(25-18)15(13-16(21)23)22-17(24)12-8-11-14-9-6-5-7-10-14;1-6-7-11(18)16-9(8-10(15)17)14-19-12(2,3)13(4,5)20-14/h2*5-13,18H,14H2,1-4H3,(H2,24,26)(H,25,27);5-7,9-10,15H,8,11-13H2,1-4H3,(H2,21,23)(H,22,24);9H,6-8H2,1-5H3,(H2,15,17)(H,16,18)/t2*18-;15-;9-/m1000/s1. The van der Waals surface area contributed by atoms with Crippen LogP contribution in [0.3, 0.4) is 0 Å². The minimum atomic E-state index is -0.764. The highest BCUT2D eigenvalue weighted by atomic mass is 16.7. The largest absolute Gasteiger partial charge is 0.482 e. The van der Waals surface area contributed by atoms with Gasteiger partial charge in [-0.2, -0.15) is 0 Å². The van der Waals surface area contributed by atoms with Crippen molar-refractivity contribution in [2.24, 2.45) is 22.9 Å². The van der Waals surface area contributed by atoms with Gasteiger partial charge >= 0.3 is 28.5 Å². The summed E-state index contributed by atoms with van der Waals surface area (Å²) in [6.45, 7) is 32.6. The fraction of sp³-hybridized carbons (Fsp3) is 0.500. The first-order chi connectivity index (χ1) is 48.4. The molecule has 4 saturated heterocycles. The van der Waals surface area contributed by atoms with Gasteiger partial charge in [-0.1, -0.05) is 122 Å². The number of carbonyl (C=O) groups is 8. The van der Waals surface area contributed by atoms with Crippen molar-refractivity contribution in [1.82, 2.24) is 21.3 Å². The molecule has 0 bridgehead atoms. The Labute approximate surface area is 615 Å². The number of benzene rings is 5. The summed E-state index contributed by atoms with van der Waals surface area (Å²) in [7, 11) is -2.90. The smallest absolute Gasteiger partial charge is 0.402 e. The van der Waals surface area contributed by atoms with E-state index < -0.39 is 121 Å². The Bertz CT molecular complexity index is 3510. The summed E-state index contributed by atoms with van der Waals surface area (Å²) in [6.07, 6.45) is 2.85. The Hall–Kier alpha value is -8.20. The number of hydrogen-bond donors (Lipinski definition) is 8. The van der Waals surface area contributed by atoms with Gasteiger partial charge in [0.1, 0.15) is 0 Å². The Kier molecular flexibility index (Phi) is 29.1. The molecule has 9 rings (SSSR count). The molecule has 12 N–H and O–H groups in total. The third-order valence-corrected chi connectivity index (χ3v) is 20.1. The van der Waals surface area contributed by atoms with E-state index in [0.717, 1.165) is 41.5 Å². The zero-order valence-corrected chi connectivity index (χ0v) is 63.6. The lowest BCUT2D eigenvalue weighted by atomic mass is 9.76. The van der Waals surface area contributed by atoms with Crippen LogP contribution in [0.4, 0.5) is 0 Å². The summed E-state index contributed by atoms with van der Waals surface area (Å²) in [6, 6.07) is 44.4. The third-order valence-electron chi connectivity index (χ3n) is 20.1. The Morgan fingerprint density at radius 3 is 0.808 bits per heavy atom. The molecule has 4 atom stereocenters. The van der Waals surface area contributed by atoms with Gasteiger partial charge in [-0.3, -0.25) is 38.4 Å². The second-order valence-electron chi connectivity index (χ2n) is 30.7. The molecule has 28 heteroatoms. The SMILES string of the molecule is CC1(C)OB([C@@H](CC(N)=O)NC(=O)c2ccc(-c3ccccc3)cc2)OC1(C)C.CC1(C)OB([C@H](CC(N)=O)NC(=O)CCCc2ccccc2)OC1(C)C.CC1(C)OB([C@H](CC(N)=O)NC(=O)c2ccc(-c3ccccc3)cc2)OC1(C)C.CCCC(=O)N[C@@H](CC(N)=O)B1OC(C)(C)C(C)(C)O1. The van der Waals surface area contributed by atoms with E-state index in [0.29, 0.717) is 24.0 Å². The van der Waals surface area contributed by atoms with Gasteiger partial charge in [0.2, 0.25) is 35.4 Å². The summed E-state index contributed by atoms with van der Waals surface area (Å²) in [5, 5.41) is 11.3. The van der Waals surface area contributed by atoms with Crippen LogP contribution < -0.4 is 44.2 Å². The van der Waals surface area contributed by atoms with Gasteiger partial charge in [0.05, 0.1) is 68.6 Å². The summed E-state index contributed by atoms with van der Waals surface area (Å²) >= 11 is 0. The highest BCUT2D eigenvalue weighted by Gasteiger charge is 2.58. The lowest BCUT2D eigenvalue weighted by Crippen LogP contribution is -2.50. The molecular formula is C76H108B4N8O16. The molecule has 0 spiro atoms. The molecule has 24 nitrogen and oxygen atoms in total. The topological polar surface area (TPSA) is 363 Å². The molecule has 5 aromatic rings. The molecule has 0 aliphatic carbocycles. The number of primary amides is 4. The van der Waals surface area contributed by atoms with Gasteiger partial charge in [0.15, 0.2) is 0 Å². The van der Waals surface area contributed by atoms with E-state index in [-0.39, 0.29) is 49.3 Å². The monoisotopic (exact) mass is 1430 g/mol. The van der Waals surface area contributed by atoms with Crippen LogP contribution in [0.5, 0.6) is 0 Å². The average Bonchev–Trinajstić information content (AvgIpc) is 1.66. The Morgan fingerprint density at radius 2 is 0.558 bits per heavy atom. The second kappa shape index (κ2) is 35.7. The summed E-state index contributed by atoms with van der Waals surface area (Å²) in [4.78, 5) is 95.4. The van der Waals surface area contributed by atoms with E-state index in [4.69, 9.17) is 60.2 Å². The number of rotatable bonds is 26. The van der Waals surface area contributed by atoms with Gasteiger partial charge in [0, 0.05) is 49.7 Å². The molecule has 104 heavy (non-hydrogen) atoms. The highest BCUT2D eigenvalue weighted by Crippen LogP contribution is 2.41. The van der Waals surface area contributed by atoms with Crippen molar-refractivity contribution in [3.05, 3.63) is 156 Å². The van der Waals surface area contributed by atoms with Crippen molar-refractivity contribution in [3.8, 4) is 22.3 Å². The van der Waals surface area contributed by atoms with Crippen LogP contribution >= 0.6 is 0 Å². The number of hydrogen-bond acceptors (Lipinski definition) is 16. The maximum absolute atomic E-state index is 12.8. The van der Waals surface area contributed by atoms with Crippen molar-refractivity contribution in [2.75, 3.05) is 0 Å². The highest BCUT2D eigenvalue weighted by molar-refractivity contribution is 6.50. The van der Waals surface area contributed by atoms with Gasteiger partial charge in [-0.15, -0.1) is 0 Å². The normalized spacial score (nSPS) is 19.1. The van der Waals surface area contributed by atoms with Gasteiger partial charge < -0.3 is 81.4 Å². The van der Waals surface area contributed by atoms with E-state index in [9.17, 15) is 38.4 Å². The molecule has 5 aromatic carbocycles. The van der Waals surface area contributed by atoms with E-state index in [1.807, 2.05) is 233 Å². The van der Waals surface area contributed by atoms with Crippen LogP contribution in [0.2, 0.25) is 0 Å². The lowest BCUT2D eigenvalue weighted by molar-refractivity contribution is -0.123. The summed E-state index contributed by atoms with van der Waals surface area (Å²) < 4.78 is 47.6. The van der Waals surface area contributed by atoms with Crippen LogP contribution in [0.25, 0.3) is 22.3 Å². The molecule has 0 radical (unpaired) electrons. The molecule has 0 unspecified atom stereocenters. The molecule has 560 valence electrons. The van der Waals surface area contributed by atoms with Gasteiger partial charge in [-0.05, 0) is 182 Å². The van der Waals surface area contributed by atoms with Gasteiger partial charge in [0.25, 0.3) is 11.8 Å². The average molecular weight is 1430 g/mol. The number of nitrogens with two attached hydrogens (primary N) is 4. The fourth-order valence-corrected chi connectivity index (χ4v) is 11.2. The number of amides is 8. The van der Waals surface area contributed by atoms with Crippen molar-refractivity contribution in [2.45, 2.75) is 244 Å². The van der Waals surface area contributed by atoms with Crippen LogP contribution in [0, 0.1) is 0 Å². The Morgan fingerprint density at radius 1 is 0.327 bits per heavy atom. The number of aryl methyl sites for hydroxylation is 1. The van der Waals surface area contributed by atoms with Crippen LogP contribution in [-0.4, -0.2) is 144 Å². The van der Waals surface area contributed by atoms with Crippen molar-refractivity contribution < 1.29 is 75.6 Å². The first kappa shape index (κ1) is 84.7. The van der Waals surface area contributed by atoms with Crippen molar-refractivity contribution >= 4 is 75.7 Å². The van der Waals surface area contributed by atoms with E-state index >= 15 is 0 Å². The summed E-state index contributed by atoms with van der Waals surface area (Å²) in [5.41, 5.74) is 23.3. The maximum atomic E-state index is 12.8. The maximum Gasteiger partial charge on any atom is 0.482 e. The first-order valence-corrected chi connectivity index (χ1v) is 35.5. The molecule has 4 aliphatic rings. The quantitative estimate of drug-likeness (QED) is 0.0240. The summed E-state index contributed by atoms with van der Waals surface area (Å²) in [5.74, 6) is -5.51. The van der Waals surface area contributed by atoms with E-state index in [2.05, 4.69) is 21.3 Å². The zero-order chi connectivity index (χ0) is 77.4. The molecule has 8 amide bonds. The van der Waals surface area contributed by atoms with Gasteiger partial charge in [-0.25, -0.2) is 0 Å². The van der Waals surface area contributed by atoms with Crippen LogP contribution in [-0.2, 0) is 72.4 Å². The minimum absolute atomic E-state index is 0.00766. The predicted octanol–water partition coefficient (Wildman–Crippen LogP) is 8.70. The lowest BCUT2D eigenvalue weighted by Gasteiger charge is -2.32.